The fourth-order valence-electron chi connectivity index (χ4n) is 1.88. The van der Waals surface area contributed by atoms with E-state index in [1.165, 1.54) is 19.1 Å². The molecular formula is C9H16O10P2. The number of rotatable bonds is 8. The monoisotopic (exact) mass is 346 g/mol. The van der Waals surface area contributed by atoms with Crippen molar-refractivity contribution in [3.8, 4) is 0 Å². The number of hydrogen-bond donors (Lipinski definition) is 6. The highest BCUT2D eigenvalue weighted by Crippen LogP contribution is 2.54. The summed E-state index contributed by atoms with van der Waals surface area (Å²) in [5, 5.41) is 17.8. The fraction of sp³-hybridized carbons (Fsp3) is 0.556. The first-order chi connectivity index (χ1) is 9.34. The smallest absolute Gasteiger partial charge is 0.340 e. The Morgan fingerprint density at radius 3 is 1.48 bits per heavy atom. The Labute approximate surface area is 119 Å². The number of aliphatic carboxylic acids is 2. The van der Waals surface area contributed by atoms with Gasteiger partial charge in [-0.15, -0.1) is 0 Å². The summed E-state index contributed by atoms with van der Waals surface area (Å²) in [5.74, 6) is -6.03. The van der Waals surface area contributed by atoms with Gasteiger partial charge in [0.25, 0.3) is 0 Å². The van der Waals surface area contributed by atoms with Crippen molar-refractivity contribution >= 4 is 27.1 Å². The highest BCUT2D eigenvalue weighted by Gasteiger charge is 2.53. The molecule has 0 aromatic carbocycles. The van der Waals surface area contributed by atoms with Crippen LogP contribution in [-0.2, 0) is 18.7 Å². The van der Waals surface area contributed by atoms with E-state index in [4.69, 9.17) is 29.8 Å². The molecule has 0 bridgehead atoms. The minimum Gasteiger partial charge on any atom is -0.481 e. The van der Waals surface area contributed by atoms with Crippen LogP contribution in [0.25, 0.3) is 0 Å². The maximum atomic E-state index is 11.3. The predicted molar refractivity (Wildman–Crippen MR) is 69.9 cm³/mol. The van der Waals surface area contributed by atoms with Gasteiger partial charge in [0.1, 0.15) is 0 Å². The largest absolute Gasteiger partial charge is 0.481 e. The highest BCUT2D eigenvalue weighted by atomic mass is 31.2. The van der Waals surface area contributed by atoms with Crippen molar-refractivity contribution in [3.63, 3.8) is 0 Å². The molecule has 6 N–H and O–H groups in total. The average Bonchev–Trinajstić information content (AvgIpc) is 2.20. The molecule has 0 rings (SSSR count). The second-order valence-corrected chi connectivity index (χ2v) is 7.68. The van der Waals surface area contributed by atoms with Gasteiger partial charge in [-0.1, -0.05) is 12.2 Å². The molecule has 0 aromatic heterocycles. The normalized spacial score (nSPS) is 17.4. The Bertz CT molecular complexity index is 475. The van der Waals surface area contributed by atoms with Gasteiger partial charge in [0, 0.05) is 5.92 Å². The van der Waals surface area contributed by atoms with Crippen molar-refractivity contribution in [2.75, 3.05) is 0 Å². The van der Waals surface area contributed by atoms with Crippen LogP contribution in [-0.4, -0.2) is 53.0 Å². The maximum absolute atomic E-state index is 11.3. The van der Waals surface area contributed by atoms with Crippen LogP contribution in [0.5, 0.6) is 0 Å². The molecule has 0 aliphatic rings. The van der Waals surface area contributed by atoms with Crippen LogP contribution in [0.1, 0.15) is 13.3 Å². The first kappa shape index (κ1) is 20.0. The average molecular weight is 346 g/mol. The molecule has 0 spiro atoms. The number of carboxylic acid groups (broad SMARTS) is 2. The predicted octanol–water partition coefficient (Wildman–Crippen LogP) is -0.169. The number of carbonyl (C=O) groups is 2. The van der Waals surface area contributed by atoms with Crippen LogP contribution < -0.4 is 0 Å². The van der Waals surface area contributed by atoms with E-state index in [2.05, 4.69) is 0 Å². The standard InChI is InChI=1S/C9H16O10P2/c1-2-3-4-5(6(8(10)11)20(14,15)16)7(9(12)13)21(17,18)19/h2-3,5-7H,4H2,1H3,(H,10,11)(H,12,13)(H2,14,15,16)(H2,17,18,19)/b3-2+. The van der Waals surface area contributed by atoms with Crippen LogP contribution in [0.3, 0.4) is 0 Å². The van der Waals surface area contributed by atoms with E-state index in [0.717, 1.165) is 0 Å². The molecule has 2 unspecified atom stereocenters. The minimum absolute atomic E-state index is 0.527. The second kappa shape index (κ2) is 7.31. The Balaban J connectivity index is 6.06. The van der Waals surface area contributed by atoms with Crippen LogP contribution in [0.4, 0.5) is 0 Å². The molecule has 12 heteroatoms. The molecule has 0 radical (unpaired) electrons. The summed E-state index contributed by atoms with van der Waals surface area (Å²) < 4.78 is 22.6. The van der Waals surface area contributed by atoms with Crippen molar-refractivity contribution in [1.82, 2.24) is 0 Å². The zero-order valence-corrected chi connectivity index (χ0v) is 12.6. The number of hydrogen-bond acceptors (Lipinski definition) is 4. The van der Waals surface area contributed by atoms with Gasteiger partial charge in [-0.25, -0.2) is 0 Å². The molecule has 0 aliphatic carbocycles. The molecule has 0 saturated heterocycles. The van der Waals surface area contributed by atoms with Gasteiger partial charge in [-0.2, -0.15) is 0 Å². The van der Waals surface area contributed by atoms with Gasteiger partial charge in [0.05, 0.1) is 0 Å². The summed E-state index contributed by atoms with van der Waals surface area (Å²) in [6, 6.07) is 0. The second-order valence-electron chi connectivity index (χ2n) is 4.21. The fourth-order valence-corrected chi connectivity index (χ4v) is 4.17. The van der Waals surface area contributed by atoms with Crippen molar-refractivity contribution < 1.29 is 48.5 Å². The Hall–Kier alpha value is -1.02. The third kappa shape index (κ3) is 5.70. The van der Waals surface area contributed by atoms with E-state index in [9.17, 15) is 18.7 Å². The zero-order chi connectivity index (χ0) is 17.0. The Kier molecular flexibility index (Phi) is 6.95. The molecule has 21 heavy (non-hydrogen) atoms. The van der Waals surface area contributed by atoms with Gasteiger partial charge in [-0.05, 0) is 13.3 Å². The summed E-state index contributed by atoms with van der Waals surface area (Å²) in [4.78, 5) is 58.4. The third-order valence-electron chi connectivity index (χ3n) is 2.69. The topological polar surface area (TPSA) is 190 Å². The lowest BCUT2D eigenvalue weighted by atomic mass is 9.96. The quantitative estimate of drug-likeness (QED) is 0.254. The molecule has 0 fully saturated rings. The van der Waals surface area contributed by atoms with Crippen LogP contribution in [0.15, 0.2) is 12.2 Å². The number of allylic oxidation sites excluding steroid dienone is 2. The highest BCUT2D eigenvalue weighted by molar-refractivity contribution is 7.55. The molecule has 0 saturated carbocycles. The SMILES string of the molecule is C/C=C/CC(C(C(=O)O)P(=O)(O)O)C(C(=O)O)P(=O)(O)O. The third-order valence-corrected chi connectivity index (χ3v) is 5.34. The Morgan fingerprint density at radius 1 is 0.952 bits per heavy atom. The van der Waals surface area contributed by atoms with E-state index in [1.807, 2.05) is 0 Å². The first-order valence-electron chi connectivity index (χ1n) is 5.51. The lowest BCUT2D eigenvalue weighted by Gasteiger charge is -2.29. The van der Waals surface area contributed by atoms with E-state index in [-0.39, 0.29) is 0 Å². The van der Waals surface area contributed by atoms with Crippen LogP contribution >= 0.6 is 15.2 Å². The summed E-state index contributed by atoms with van der Waals surface area (Å²) in [7, 11) is -10.7. The van der Waals surface area contributed by atoms with E-state index >= 15 is 0 Å². The summed E-state index contributed by atoms with van der Waals surface area (Å²) in [6.07, 6.45) is 1.99. The molecule has 0 heterocycles. The molecule has 10 nitrogen and oxygen atoms in total. The lowest BCUT2D eigenvalue weighted by Crippen LogP contribution is -2.41. The van der Waals surface area contributed by atoms with Gasteiger partial charge in [0.15, 0.2) is 11.3 Å². The minimum atomic E-state index is -5.33. The molecule has 0 amide bonds. The molecule has 122 valence electrons. The van der Waals surface area contributed by atoms with Crippen LogP contribution in [0, 0.1) is 5.92 Å². The number of carboxylic acids is 2. The van der Waals surface area contributed by atoms with Crippen molar-refractivity contribution in [2.24, 2.45) is 5.92 Å². The van der Waals surface area contributed by atoms with E-state index < -0.39 is 50.8 Å². The van der Waals surface area contributed by atoms with Gasteiger partial charge in [0.2, 0.25) is 0 Å². The molecule has 0 aliphatic heterocycles. The Morgan fingerprint density at radius 2 is 1.29 bits per heavy atom. The van der Waals surface area contributed by atoms with Crippen molar-refractivity contribution in [1.29, 1.82) is 0 Å². The summed E-state index contributed by atoms with van der Waals surface area (Å²) in [6.45, 7) is 1.47. The van der Waals surface area contributed by atoms with Crippen molar-refractivity contribution in [2.45, 2.75) is 24.7 Å². The lowest BCUT2D eigenvalue weighted by molar-refractivity contribution is -0.140. The summed E-state index contributed by atoms with van der Waals surface area (Å²) in [5.41, 5.74) is -5.08. The zero-order valence-electron chi connectivity index (χ0n) is 10.8. The van der Waals surface area contributed by atoms with Gasteiger partial charge in [-0.3, -0.25) is 18.7 Å². The van der Waals surface area contributed by atoms with Gasteiger partial charge >= 0.3 is 27.1 Å². The van der Waals surface area contributed by atoms with Gasteiger partial charge < -0.3 is 29.8 Å². The molecule has 0 aromatic rings. The first-order valence-corrected chi connectivity index (χ1v) is 8.87. The molecule has 2 atom stereocenters. The summed E-state index contributed by atoms with van der Waals surface area (Å²) >= 11 is 0. The van der Waals surface area contributed by atoms with E-state index in [0.29, 0.717) is 0 Å². The van der Waals surface area contributed by atoms with E-state index in [1.54, 1.807) is 0 Å². The maximum Gasteiger partial charge on any atom is 0.340 e. The molecular weight excluding hydrogens is 330 g/mol. The van der Waals surface area contributed by atoms with Crippen molar-refractivity contribution in [3.05, 3.63) is 12.2 Å². The van der Waals surface area contributed by atoms with Crippen LogP contribution in [0.2, 0.25) is 0 Å².